The number of hydrogen-bond acceptors (Lipinski definition) is 2. The number of nitrogens with zero attached hydrogens (tertiary/aromatic N) is 3. The molecule has 0 amide bonds. The molecule has 3 rings (SSSR count). The highest BCUT2D eigenvalue weighted by Crippen LogP contribution is 2.41. The lowest BCUT2D eigenvalue weighted by molar-refractivity contribution is 0.311. The Morgan fingerprint density at radius 2 is 2.04 bits per heavy atom. The summed E-state index contributed by atoms with van der Waals surface area (Å²) in [5, 5.41) is 4.39. The van der Waals surface area contributed by atoms with Gasteiger partial charge in [-0.05, 0) is 70.1 Å². The van der Waals surface area contributed by atoms with Crippen LogP contribution >= 0.6 is 12.2 Å². The number of thiocarbonyl (C=S) groups is 1. The third-order valence-corrected chi connectivity index (χ3v) is 5.66. The van der Waals surface area contributed by atoms with Crippen molar-refractivity contribution in [2.45, 2.75) is 65.6 Å². The molecular formula is C21H30N4S. The molecule has 4 nitrogen and oxygen atoms in total. The minimum Gasteiger partial charge on any atom is -0.352 e. The topological polar surface area (TPSA) is 33.1 Å². The first kappa shape index (κ1) is 18.9. The van der Waals surface area contributed by atoms with E-state index in [-0.39, 0.29) is 12.1 Å². The van der Waals surface area contributed by atoms with Gasteiger partial charge in [-0.25, -0.2) is 0 Å². The van der Waals surface area contributed by atoms with Gasteiger partial charge in [0, 0.05) is 30.2 Å². The molecular weight excluding hydrogens is 340 g/mol. The Balaban J connectivity index is 2.08. The van der Waals surface area contributed by atoms with Crippen molar-refractivity contribution in [2.75, 3.05) is 6.54 Å². The van der Waals surface area contributed by atoms with Crippen molar-refractivity contribution in [1.82, 2.24) is 19.8 Å². The molecule has 1 saturated heterocycles. The highest BCUT2D eigenvalue weighted by atomic mass is 32.1. The zero-order valence-electron chi connectivity index (χ0n) is 16.5. The smallest absolute Gasteiger partial charge is 0.170 e. The molecule has 5 heteroatoms. The Kier molecular flexibility index (Phi) is 5.66. The molecule has 2 aromatic rings. The summed E-state index contributed by atoms with van der Waals surface area (Å²) in [7, 11) is 0. The van der Waals surface area contributed by atoms with Crippen LogP contribution in [0.3, 0.4) is 0 Å². The van der Waals surface area contributed by atoms with Gasteiger partial charge in [-0.15, -0.1) is 0 Å². The van der Waals surface area contributed by atoms with E-state index in [1.807, 2.05) is 12.3 Å². The zero-order chi connectivity index (χ0) is 18.8. The highest BCUT2D eigenvalue weighted by Gasteiger charge is 2.41. The SMILES string of the molecule is CCCCN1C(=S)NC(c2ccccn2)C1c1cc(C)n(C(C)C)c1C. The van der Waals surface area contributed by atoms with Gasteiger partial charge in [-0.3, -0.25) is 4.98 Å². The molecule has 1 aliphatic rings. The average Bonchev–Trinajstić information content (AvgIpc) is 3.09. The summed E-state index contributed by atoms with van der Waals surface area (Å²) in [5.74, 6) is 0. The van der Waals surface area contributed by atoms with E-state index in [9.17, 15) is 0 Å². The summed E-state index contributed by atoms with van der Waals surface area (Å²) in [5.41, 5.74) is 5.04. The second kappa shape index (κ2) is 7.78. The Bertz CT molecular complexity index is 766. The molecule has 1 aliphatic heterocycles. The molecule has 26 heavy (non-hydrogen) atoms. The Hall–Kier alpha value is -1.88. The standard InChI is InChI=1S/C21H30N4S/c1-6-7-12-24-20(17-13-15(4)25(14(2)3)16(17)5)19(23-21(24)26)18-10-8-9-11-22-18/h8-11,13-14,19-20H,6-7,12H2,1-5H3,(H,23,26). The van der Waals surface area contributed by atoms with E-state index in [0.717, 1.165) is 30.2 Å². The van der Waals surface area contributed by atoms with Gasteiger partial charge in [0.2, 0.25) is 0 Å². The minimum atomic E-state index is 0.0849. The quantitative estimate of drug-likeness (QED) is 0.737. The van der Waals surface area contributed by atoms with Gasteiger partial charge in [0.15, 0.2) is 5.11 Å². The largest absolute Gasteiger partial charge is 0.352 e. The molecule has 2 unspecified atom stereocenters. The number of nitrogens with one attached hydrogen (secondary N) is 1. The summed E-state index contributed by atoms with van der Waals surface area (Å²) in [6.07, 6.45) is 4.16. The normalized spacial score (nSPS) is 20.1. The van der Waals surface area contributed by atoms with E-state index in [2.05, 4.69) is 72.6 Å². The van der Waals surface area contributed by atoms with Crippen LogP contribution in [0.5, 0.6) is 0 Å². The fraction of sp³-hybridized carbons (Fsp3) is 0.524. The summed E-state index contributed by atoms with van der Waals surface area (Å²) < 4.78 is 2.42. The molecule has 0 spiro atoms. The number of aromatic nitrogens is 2. The highest BCUT2D eigenvalue weighted by molar-refractivity contribution is 7.80. The van der Waals surface area contributed by atoms with Crippen molar-refractivity contribution in [2.24, 2.45) is 0 Å². The van der Waals surface area contributed by atoms with Crippen LogP contribution in [0.1, 0.15) is 74.4 Å². The minimum absolute atomic E-state index is 0.0849. The van der Waals surface area contributed by atoms with Gasteiger partial charge in [0.25, 0.3) is 0 Å². The molecule has 140 valence electrons. The average molecular weight is 371 g/mol. The fourth-order valence-electron chi connectivity index (χ4n) is 4.21. The maximum atomic E-state index is 5.72. The zero-order valence-corrected chi connectivity index (χ0v) is 17.3. The molecule has 2 aromatic heterocycles. The van der Waals surface area contributed by atoms with Gasteiger partial charge in [-0.2, -0.15) is 0 Å². The molecule has 1 N–H and O–H groups in total. The summed E-state index contributed by atoms with van der Waals surface area (Å²) in [4.78, 5) is 6.99. The predicted molar refractivity (Wildman–Crippen MR) is 111 cm³/mol. The van der Waals surface area contributed by atoms with Crippen LogP contribution in [-0.4, -0.2) is 26.1 Å². The molecule has 0 aromatic carbocycles. The maximum absolute atomic E-state index is 5.72. The van der Waals surface area contributed by atoms with Crippen LogP contribution in [0.25, 0.3) is 0 Å². The lowest BCUT2D eigenvalue weighted by Crippen LogP contribution is -2.30. The first-order valence-electron chi connectivity index (χ1n) is 9.62. The van der Waals surface area contributed by atoms with Gasteiger partial charge in [0.05, 0.1) is 17.8 Å². The van der Waals surface area contributed by atoms with Crippen LogP contribution in [0.4, 0.5) is 0 Å². The summed E-state index contributed by atoms with van der Waals surface area (Å²) in [6.45, 7) is 12.1. The van der Waals surface area contributed by atoms with E-state index < -0.39 is 0 Å². The van der Waals surface area contributed by atoms with Crippen LogP contribution in [0, 0.1) is 13.8 Å². The van der Waals surface area contributed by atoms with Crippen molar-refractivity contribution in [1.29, 1.82) is 0 Å². The Morgan fingerprint density at radius 1 is 1.27 bits per heavy atom. The molecule has 0 aliphatic carbocycles. The Labute approximate surface area is 162 Å². The van der Waals surface area contributed by atoms with Crippen molar-refractivity contribution in [3.8, 4) is 0 Å². The summed E-state index contributed by atoms with van der Waals surface area (Å²) in [6, 6.07) is 9.16. The molecule has 1 fully saturated rings. The first-order valence-corrected chi connectivity index (χ1v) is 10.0. The number of hydrogen-bond donors (Lipinski definition) is 1. The molecule has 3 heterocycles. The van der Waals surface area contributed by atoms with E-state index >= 15 is 0 Å². The van der Waals surface area contributed by atoms with E-state index in [0.29, 0.717) is 6.04 Å². The lowest BCUT2D eigenvalue weighted by Gasteiger charge is -2.28. The monoisotopic (exact) mass is 370 g/mol. The molecule has 0 radical (unpaired) electrons. The first-order chi connectivity index (χ1) is 12.5. The van der Waals surface area contributed by atoms with Crippen molar-refractivity contribution in [3.63, 3.8) is 0 Å². The van der Waals surface area contributed by atoms with E-state index in [1.54, 1.807) is 0 Å². The van der Waals surface area contributed by atoms with Crippen LogP contribution in [0.2, 0.25) is 0 Å². The number of rotatable bonds is 6. The second-order valence-corrected chi connectivity index (χ2v) is 7.85. The number of aryl methyl sites for hydroxylation is 1. The lowest BCUT2D eigenvalue weighted by atomic mass is 9.96. The van der Waals surface area contributed by atoms with Crippen molar-refractivity contribution < 1.29 is 0 Å². The van der Waals surface area contributed by atoms with Gasteiger partial charge < -0.3 is 14.8 Å². The third-order valence-electron chi connectivity index (χ3n) is 5.31. The van der Waals surface area contributed by atoms with Crippen molar-refractivity contribution >= 4 is 17.3 Å². The van der Waals surface area contributed by atoms with Gasteiger partial charge in [-0.1, -0.05) is 19.4 Å². The molecule has 0 saturated carbocycles. The van der Waals surface area contributed by atoms with Gasteiger partial charge >= 0.3 is 0 Å². The molecule has 0 bridgehead atoms. The molecule has 2 atom stereocenters. The number of unbranched alkanes of at least 4 members (excludes halogenated alkanes) is 1. The fourth-order valence-corrected chi connectivity index (χ4v) is 4.54. The van der Waals surface area contributed by atoms with Crippen LogP contribution in [0.15, 0.2) is 30.5 Å². The van der Waals surface area contributed by atoms with E-state index in [4.69, 9.17) is 12.2 Å². The van der Waals surface area contributed by atoms with E-state index in [1.165, 1.54) is 17.0 Å². The summed E-state index contributed by atoms with van der Waals surface area (Å²) >= 11 is 5.72. The maximum Gasteiger partial charge on any atom is 0.170 e. The van der Waals surface area contributed by atoms with Crippen molar-refractivity contribution in [3.05, 3.63) is 53.1 Å². The second-order valence-electron chi connectivity index (χ2n) is 7.46. The number of pyridine rings is 1. The Morgan fingerprint density at radius 3 is 2.62 bits per heavy atom. The third kappa shape index (κ3) is 3.37. The predicted octanol–water partition coefficient (Wildman–Crippen LogP) is 4.85. The van der Waals surface area contributed by atoms with Crippen LogP contribution in [-0.2, 0) is 0 Å². The van der Waals surface area contributed by atoms with Crippen LogP contribution < -0.4 is 5.32 Å². The van der Waals surface area contributed by atoms with Gasteiger partial charge in [0.1, 0.15) is 0 Å².